The van der Waals surface area contributed by atoms with Crippen molar-refractivity contribution in [2.45, 2.75) is 20.0 Å². The van der Waals surface area contributed by atoms with Crippen LogP contribution >= 0.6 is 0 Å². The summed E-state index contributed by atoms with van der Waals surface area (Å²) < 4.78 is 1.95. The first-order valence-electron chi connectivity index (χ1n) is 10.1. The quantitative estimate of drug-likeness (QED) is 0.416. The molecule has 0 aliphatic carbocycles. The minimum atomic E-state index is 0.0664. The number of hydrogen-bond acceptors (Lipinski definition) is 5. The zero-order chi connectivity index (χ0) is 20.8. The number of benzene rings is 1. The number of piperazine rings is 1. The minimum Gasteiger partial charge on any atom is -0.360 e. The molecule has 1 aliphatic rings. The predicted molar refractivity (Wildman–Crippen MR) is 116 cm³/mol. The molecule has 1 saturated heterocycles. The van der Waals surface area contributed by atoms with E-state index >= 15 is 0 Å². The summed E-state index contributed by atoms with van der Waals surface area (Å²) in [5.74, 6) is 1.62. The second kappa shape index (κ2) is 9.25. The van der Waals surface area contributed by atoms with Crippen molar-refractivity contribution in [1.29, 1.82) is 0 Å². The molecule has 3 heterocycles. The summed E-state index contributed by atoms with van der Waals surface area (Å²) in [4.78, 5) is 18.3. The van der Waals surface area contributed by atoms with Gasteiger partial charge in [0.25, 0.3) is 0 Å². The van der Waals surface area contributed by atoms with Gasteiger partial charge in [0.1, 0.15) is 0 Å². The van der Waals surface area contributed by atoms with E-state index in [0.717, 1.165) is 41.8 Å². The second-order valence-electron chi connectivity index (χ2n) is 7.03. The van der Waals surface area contributed by atoms with Crippen LogP contribution in [0.25, 0.3) is 5.65 Å². The van der Waals surface area contributed by atoms with Crippen molar-refractivity contribution < 1.29 is 4.79 Å². The number of amides is 1. The molecule has 1 fully saturated rings. The molecular weight excluding hydrogens is 380 g/mol. The Morgan fingerprint density at radius 1 is 1.17 bits per heavy atom. The van der Waals surface area contributed by atoms with E-state index in [1.54, 1.807) is 0 Å². The lowest BCUT2D eigenvalue weighted by molar-refractivity contribution is -0.120. The van der Waals surface area contributed by atoms with Gasteiger partial charge in [-0.3, -0.25) is 9.20 Å². The summed E-state index contributed by atoms with van der Waals surface area (Å²) in [7, 11) is 0. The van der Waals surface area contributed by atoms with Crippen LogP contribution in [0.2, 0.25) is 0 Å². The molecular formula is C21H26N8O. The van der Waals surface area contributed by atoms with Gasteiger partial charge in [-0.05, 0) is 36.8 Å². The number of anilines is 1. The fraction of sp³-hybridized carbons (Fsp3) is 0.333. The number of rotatable bonds is 6. The summed E-state index contributed by atoms with van der Waals surface area (Å²) in [5, 5.41) is 17.8. The van der Waals surface area contributed by atoms with Crippen molar-refractivity contribution in [3.05, 3.63) is 60.0 Å². The fourth-order valence-corrected chi connectivity index (χ4v) is 3.36. The summed E-state index contributed by atoms with van der Waals surface area (Å²) in [6, 6.07) is 14.0. The van der Waals surface area contributed by atoms with Crippen LogP contribution in [0.3, 0.4) is 0 Å². The lowest BCUT2D eigenvalue weighted by Gasteiger charge is -2.28. The Labute approximate surface area is 175 Å². The number of carbonyl (C=O) groups excluding carboxylic acids is 1. The van der Waals surface area contributed by atoms with Crippen LogP contribution < -0.4 is 20.9 Å². The Bertz CT molecular complexity index is 1030. The highest BCUT2D eigenvalue weighted by atomic mass is 16.2. The summed E-state index contributed by atoms with van der Waals surface area (Å²) in [6.45, 7) is 5.79. The van der Waals surface area contributed by atoms with Gasteiger partial charge in [-0.25, -0.2) is 4.99 Å². The highest BCUT2D eigenvalue weighted by molar-refractivity contribution is 5.82. The Morgan fingerprint density at radius 2 is 2.03 bits per heavy atom. The summed E-state index contributed by atoms with van der Waals surface area (Å²) in [5.41, 5.74) is 2.98. The third-order valence-electron chi connectivity index (χ3n) is 4.90. The Hall–Kier alpha value is -3.62. The van der Waals surface area contributed by atoms with Crippen LogP contribution in [0.4, 0.5) is 5.69 Å². The van der Waals surface area contributed by atoms with Gasteiger partial charge in [0, 0.05) is 31.5 Å². The van der Waals surface area contributed by atoms with Crippen LogP contribution in [0.1, 0.15) is 18.3 Å². The molecule has 0 saturated carbocycles. The van der Waals surface area contributed by atoms with Crippen molar-refractivity contribution >= 4 is 23.2 Å². The molecule has 3 aromatic rings. The molecule has 1 amide bonds. The van der Waals surface area contributed by atoms with Crippen LogP contribution in [0.5, 0.6) is 0 Å². The lowest BCUT2D eigenvalue weighted by atomic mass is 10.2. The number of pyridine rings is 1. The number of hydrogen-bond donors (Lipinski definition) is 3. The van der Waals surface area contributed by atoms with Crippen LogP contribution in [-0.4, -0.2) is 52.6 Å². The Morgan fingerprint density at radius 3 is 2.83 bits per heavy atom. The molecule has 3 N–H and O–H groups in total. The Balaban J connectivity index is 1.38. The monoisotopic (exact) mass is 406 g/mol. The number of aromatic nitrogens is 3. The molecule has 9 heteroatoms. The molecule has 1 aromatic carbocycles. The first-order chi connectivity index (χ1) is 14.7. The van der Waals surface area contributed by atoms with Crippen LogP contribution in [-0.2, 0) is 17.9 Å². The van der Waals surface area contributed by atoms with Gasteiger partial charge in [0.05, 0.1) is 19.6 Å². The topological polar surface area (TPSA) is 99.0 Å². The molecule has 156 valence electrons. The van der Waals surface area contributed by atoms with E-state index in [9.17, 15) is 4.79 Å². The maximum atomic E-state index is 11.6. The number of carbonyl (C=O) groups is 1. The summed E-state index contributed by atoms with van der Waals surface area (Å²) in [6.07, 6.45) is 1.95. The highest BCUT2D eigenvalue weighted by Gasteiger charge is 2.16. The standard InChI is InChI=1S/C21H26N8O/c1-2-22-21(25-14-19-27-26-18-5-3-4-11-29(18)19)24-13-16-6-8-17(9-7-16)28-12-10-23-20(30)15-28/h3-9,11H,2,10,12-15H2,1H3,(H,23,30)(H2,22,24,25). The molecule has 1 aliphatic heterocycles. The maximum Gasteiger partial charge on any atom is 0.239 e. The van der Waals surface area contributed by atoms with Crippen LogP contribution in [0.15, 0.2) is 53.7 Å². The Kier molecular flexibility index (Phi) is 6.07. The zero-order valence-corrected chi connectivity index (χ0v) is 17.0. The van der Waals surface area contributed by atoms with Crippen LogP contribution in [0, 0.1) is 0 Å². The molecule has 9 nitrogen and oxygen atoms in total. The molecule has 0 bridgehead atoms. The van der Waals surface area contributed by atoms with Crippen molar-refractivity contribution in [2.24, 2.45) is 4.99 Å². The van der Waals surface area contributed by atoms with Gasteiger partial charge in [-0.2, -0.15) is 0 Å². The normalized spacial score (nSPS) is 14.6. The van der Waals surface area contributed by atoms with Crippen molar-refractivity contribution in [3.63, 3.8) is 0 Å². The SMILES string of the molecule is CCNC(=NCc1ccc(N2CCNC(=O)C2)cc1)NCc1nnc2ccccn12. The maximum absolute atomic E-state index is 11.6. The third kappa shape index (κ3) is 4.68. The van der Waals surface area contributed by atoms with E-state index in [2.05, 4.69) is 48.2 Å². The molecule has 0 radical (unpaired) electrons. The molecule has 4 rings (SSSR count). The van der Waals surface area contributed by atoms with E-state index in [1.807, 2.05) is 47.9 Å². The number of fused-ring (bicyclic) bond motifs is 1. The molecule has 0 unspecified atom stereocenters. The predicted octanol–water partition coefficient (Wildman–Crippen LogP) is 0.921. The average Bonchev–Trinajstić information content (AvgIpc) is 3.19. The number of nitrogens with one attached hydrogen (secondary N) is 3. The number of nitrogens with zero attached hydrogens (tertiary/aromatic N) is 5. The van der Waals surface area contributed by atoms with Crippen molar-refractivity contribution in [3.8, 4) is 0 Å². The highest BCUT2D eigenvalue weighted by Crippen LogP contribution is 2.16. The fourth-order valence-electron chi connectivity index (χ4n) is 3.36. The number of guanidine groups is 1. The van der Waals surface area contributed by atoms with E-state index in [1.165, 1.54) is 0 Å². The number of aliphatic imine (C=N–C) groups is 1. The average molecular weight is 406 g/mol. The van der Waals surface area contributed by atoms with Gasteiger partial charge in [0.15, 0.2) is 17.4 Å². The molecule has 2 aromatic heterocycles. The smallest absolute Gasteiger partial charge is 0.239 e. The van der Waals surface area contributed by atoms with Gasteiger partial charge < -0.3 is 20.9 Å². The van der Waals surface area contributed by atoms with E-state index in [4.69, 9.17) is 0 Å². The van der Waals surface area contributed by atoms with E-state index in [-0.39, 0.29) is 5.91 Å². The zero-order valence-electron chi connectivity index (χ0n) is 17.0. The first kappa shape index (κ1) is 19.7. The first-order valence-corrected chi connectivity index (χ1v) is 10.1. The minimum absolute atomic E-state index is 0.0664. The van der Waals surface area contributed by atoms with Gasteiger partial charge in [-0.1, -0.05) is 18.2 Å². The lowest BCUT2D eigenvalue weighted by Crippen LogP contribution is -2.47. The van der Waals surface area contributed by atoms with Gasteiger partial charge in [0.2, 0.25) is 5.91 Å². The molecule has 30 heavy (non-hydrogen) atoms. The second-order valence-corrected chi connectivity index (χ2v) is 7.03. The van der Waals surface area contributed by atoms with Gasteiger partial charge >= 0.3 is 0 Å². The molecule has 0 spiro atoms. The van der Waals surface area contributed by atoms with E-state index < -0.39 is 0 Å². The largest absolute Gasteiger partial charge is 0.360 e. The molecule has 0 atom stereocenters. The third-order valence-corrected chi connectivity index (χ3v) is 4.90. The van der Waals surface area contributed by atoms with Gasteiger partial charge in [-0.15, -0.1) is 10.2 Å². The summed E-state index contributed by atoms with van der Waals surface area (Å²) >= 11 is 0. The van der Waals surface area contributed by atoms with E-state index in [0.29, 0.717) is 26.2 Å². The van der Waals surface area contributed by atoms with Crippen molar-refractivity contribution in [1.82, 2.24) is 30.5 Å². The van der Waals surface area contributed by atoms with Crippen molar-refractivity contribution in [2.75, 3.05) is 31.1 Å².